The quantitative estimate of drug-likeness (QED) is 0.760. The minimum atomic E-state index is -0.0685. The van der Waals surface area contributed by atoms with E-state index >= 15 is 0 Å². The Morgan fingerprint density at radius 1 is 1.20 bits per heavy atom. The number of carbonyl (C=O) groups excluding carboxylic acids is 1. The molecule has 1 atom stereocenters. The van der Waals surface area contributed by atoms with E-state index in [1.807, 2.05) is 6.92 Å². The van der Waals surface area contributed by atoms with E-state index in [0.29, 0.717) is 18.4 Å². The highest BCUT2D eigenvalue weighted by Gasteiger charge is 2.50. The van der Waals surface area contributed by atoms with Gasteiger partial charge in [0.05, 0.1) is 6.61 Å². The predicted molar refractivity (Wildman–Crippen MR) is 77.0 cm³/mol. The van der Waals surface area contributed by atoms with E-state index in [1.165, 1.54) is 38.5 Å². The van der Waals surface area contributed by atoms with Crippen LogP contribution in [0, 0.1) is 29.1 Å². The zero-order chi connectivity index (χ0) is 14.2. The maximum Gasteiger partial charge on any atom is 0.305 e. The van der Waals surface area contributed by atoms with Gasteiger partial charge in [0.25, 0.3) is 0 Å². The molecular formula is C17H28O3. The first kappa shape index (κ1) is 14.4. The fourth-order valence-electron chi connectivity index (χ4n) is 5.32. The molecule has 3 heteroatoms. The van der Waals surface area contributed by atoms with Crippen LogP contribution >= 0.6 is 0 Å². The van der Waals surface area contributed by atoms with Crippen LogP contribution in [0.3, 0.4) is 0 Å². The lowest BCUT2D eigenvalue weighted by Gasteiger charge is -2.57. The molecule has 0 spiro atoms. The Hall–Kier alpha value is -0.570. The third-order valence-electron chi connectivity index (χ3n) is 5.87. The van der Waals surface area contributed by atoms with Gasteiger partial charge in [-0.25, -0.2) is 0 Å². The number of ether oxygens (including phenoxy) is 1. The van der Waals surface area contributed by atoms with Crippen molar-refractivity contribution in [3.63, 3.8) is 0 Å². The van der Waals surface area contributed by atoms with Crippen LogP contribution < -0.4 is 0 Å². The maximum atomic E-state index is 11.9. The number of aliphatic hydroxyl groups excluding tert-OH is 1. The van der Waals surface area contributed by atoms with Crippen molar-refractivity contribution in [3.05, 3.63) is 0 Å². The zero-order valence-electron chi connectivity index (χ0n) is 12.6. The number of hydrogen-bond acceptors (Lipinski definition) is 3. The molecule has 4 rings (SSSR count). The van der Waals surface area contributed by atoms with E-state index in [-0.39, 0.29) is 18.5 Å². The normalized spacial score (nSPS) is 39.8. The highest BCUT2D eigenvalue weighted by molar-refractivity contribution is 5.69. The van der Waals surface area contributed by atoms with E-state index in [2.05, 4.69) is 0 Å². The van der Waals surface area contributed by atoms with E-state index in [9.17, 15) is 4.79 Å². The average Bonchev–Trinajstić information content (AvgIpc) is 2.41. The van der Waals surface area contributed by atoms with Crippen molar-refractivity contribution < 1.29 is 14.6 Å². The van der Waals surface area contributed by atoms with Gasteiger partial charge < -0.3 is 9.84 Å². The largest absolute Gasteiger partial charge is 0.465 e. The minimum Gasteiger partial charge on any atom is -0.465 e. The molecular weight excluding hydrogens is 252 g/mol. The van der Waals surface area contributed by atoms with Crippen molar-refractivity contribution >= 4 is 5.97 Å². The summed E-state index contributed by atoms with van der Waals surface area (Å²) in [5.74, 6) is 2.84. The molecule has 1 unspecified atom stereocenters. The zero-order valence-corrected chi connectivity index (χ0v) is 12.6. The summed E-state index contributed by atoms with van der Waals surface area (Å²) in [5, 5.41) is 8.94. The predicted octanol–water partition coefficient (Wildman–Crippen LogP) is 3.15. The second-order valence-electron chi connectivity index (χ2n) is 7.89. The fraction of sp³-hybridized carbons (Fsp3) is 0.941. The summed E-state index contributed by atoms with van der Waals surface area (Å²) < 4.78 is 5.26. The smallest absolute Gasteiger partial charge is 0.305 e. The van der Waals surface area contributed by atoms with Gasteiger partial charge in [-0.1, -0.05) is 6.92 Å². The molecule has 4 fully saturated rings. The summed E-state index contributed by atoms with van der Waals surface area (Å²) in [6.07, 6.45) is 10.1. The SMILES string of the molecule is CC(CO)COC(=O)CCC12CC3CC(CC(C3)C1)C2. The summed E-state index contributed by atoms with van der Waals surface area (Å²) >= 11 is 0. The number of esters is 1. The number of hydrogen-bond donors (Lipinski definition) is 1. The van der Waals surface area contributed by atoms with Crippen LogP contribution in [0.4, 0.5) is 0 Å². The first-order chi connectivity index (χ1) is 9.58. The Balaban J connectivity index is 1.47. The van der Waals surface area contributed by atoms with Gasteiger partial charge in [0.15, 0.2) is 0 Å². The highest BCUT2D eigenvalue weighted by Crippen LogP contribution is 2.61. The van der Waals surface area contributed by atoms with Crippen molar-refractivity contribution in [1.82, 2.24) is 0 Å². The molecule has 4 bridgehead atoms. The summed E-state index contributed by atoms with van der Waals surface area (Å²) in [6.45, 7) is 2.34. The first-order valence-electron chi connectivity index (χ1n) is 8.35. The Morgan fingerprint density at radius 2 is 1.75 bits per heavy atom. The molecule has 4 aliphatic rings. The third-order valence-corrected chi connectivity index (χ3v) is 5.87. The molecule has 4 aliphatic carbocycles. The summed E-state index contributed by atoms with van der Waals surface area (Å²) in [5.41, 5.74) is 0.469. The van der Waals surface area contributed by atoms with E-state index in [4.69, 9.17) is 9.84 Å². The molecule has 114 valence electrons. The maximum absolute atomic E-state index is 11.9. The van der Waals surface area contributed by atoms with Crippen molar-refractivity contribution in [1.29, 1.82) is 0 Å². The highest BCUT2D eigenvalue weighted by atomic mass is 16.5. The first-order valence-corrected chi connectivity index (χ1v) is 8.35. The molecule has 0 aromatic heterocycles. The third kappa shape index (κ3) is 3.03. The Morgan fingerprint density at radius 3 is 2.25 bits per heavy atom. The number of aliphatic hydroxyl groups is 1. The van der Waals surface area contributed by atoms with Crippen molar-refractivity contribution in [2.75, 3.05) is 13.2 Å². The lowest BCUT2D eigenvalue weighted by atomic mass is 9.48. The molecule has 3 nitrogen and oxygen atoms in total. The van der Waals surface area contributed by atoms with Gasteiger partial charge >= 0.3 is 5.97 Å². The summed E-state index contributed by atoms with van der Waals surface area (Å²) in [7, 11) is 0. The summed E-state index contributed by atoms with van der Waals surface area (Å²) in [4.78, 5) is 11.9. The average molecular weight is 280 g/mol. The topological polar surface area (TPSA) is 46.5 Å². The second-order valence-corrected chi connectivity index (χ2v) is 7.89. The van der Waals surface area contributed by atoms with Gasteiger partial charge in [-0.3, -0.25) is 4.79 Å². The molecule has 0 aromatic rings. The van der Waals surface area contributed by atoms with Gasteiger partial charge in [0.2, 0.25) is 0 Å². The van der Waals surface area contributed by atoms with Gasteiger partial charge in [0.1, 0.15) is 0 Å². The number of carbonyl (C=O) groups is 1. The van der Waals surface area contributed by atoms with Crippen LogP contribution in [0.5, 0.6) is 0 Å². The van der Waals surface area contributed by atoms with E-state index in [1.54, 1.807) is 0 Å². The van der Waals surface area contributed by atoms with Gasteiger partial charge in [-0.15, -0.1) is 0 Å². The fourth-order valence-corrected chi connectivity index (χ4v) is 5.32. The molecule has 0 radical (unpaired) electrons. The Kier molecular flexibility index (Phi) is 4.07. The Labute approximate surface area is 122 Å². The monoisotopic (exact) mass is 280 g/mol. The van der Waals surface area contributed by atoms with Crippen LogP contribution in [0.25, 0.3) is 0 Å². The molecule has 20 heavy (non-hydrogen) atoms. The van der Waals surface area contributed by atoms with Crippen LogP contribution in [0.2, 0.25) is 0 Å². The Bertz CT molecular complexity index is 328. The van der Waals surface area contributed by atoms with E-state index < -0.39 is 0 Å². The van der Waals surface area contributed by atoms with Crippen LogP contribution in [-0.4, -0.2) is 24.3 Å². The molecule has 0 aliphatic heterocycles. The lowest BCUT2D eigenvalue weighted by molar-refractivity contribution is -0.147. The summed E-state index contributed by atoms with van der Waals surface area (Å²) in [6, 6.07) is 0. The van der Waals surface area contributed by atoms with Gasteiger partial charge in [-0.2, -0.15) is 0 Å². The standard InChI is InChI=1S/C17H28O3/c1-12(10-18)11-20-16(19)2-3-17-7-13-4-14(8-17)6-15(5-13)9-17/h12-15,18H,2-11H2,1H3. The van der Waals surface area contributed by atoms with Crippen LogP contribution in [0.15, 0.2) is 0 Å². The molecule has 0 aromatic carbocycles. The van der Waals surface area contributed by atoms with Crippen molar-refractivity contribution in [2.24, 2.45) is 29.1 Å². The van der Waals surface area contributed by atoms with Gasteiger partial charge in [-0.05, 0) is 68.1 Å². The molecule has 0 saturated heterocycles. The molecule has 4 saturated carbocycles. The molecule has 0 heterocycles. The van der Waals surface area contributed by atoms with Crippen molar-refractivity contribution in [3.8, 4) is 0 Å². The van der Waals surface area contributed by atoms with Gasteiger partial charge in [0, 0.05) is 18.9 Å². The molecule has 0 amide bonds. The lowest BCUT2D eigenvalue weighted by Crippen LogP contribution is -2.46. The van der Waals surface area contributed by atoms with E-state index in [0.717, 1.165) is 24.2 Å². The minimum absolute atomic E-state index is 0.0542. The second kappa shape index (κ2) is 5.67. The number of rotatable bonds is 6. The molecule has 1 N–H and O–H groups in total. The van der Waals surface area contributed by atoms with Crippen molar-refractivity contribution in [2.45, 2.75) is 58.3 Å². The van der Waals surface area contributed by atoms with Crippen LogP contribution in [0.1, 0.15) is 58.3 Å². The van der Waals surface area contributed by atoms with Crippen LogP contribution in [-0.2, 0) is 9.53 Å².